The third kappa shape index (κ3) is 3.87. The van der Waals surface area contributed by atoms with Crippen molar-refractivity contribution in [2.45, 2.75) is 44.7 Å². The summed E-state index contributed by atoms with van der Waals surface area (Å²) in [6.07, 6.45) is 3.98. The number of sulfonamides is 1. The van der Waals surface area contributed by atoms with Crippen molar-refractivity contribution in [3.05, 3.63) is 29.8 Å². The Balaban J connectivity index is 1.66. The molecule has 3 rings (SSSR count). The van der Waals surface area contributed by atoms with Gasteiger partial charge in [-0.3, -0.25) is 4.31 Å². The fraction of sp³-hybridized carbons (Fsp3) is 0.647. The molecule has 2 atom stereocenters. The van der Waals surface area contributed by atoms with Gasteiger partial charge in [0.1, 0.15) is 0 Å². The van der Waals surface area contributed by atoms with Gasteiger partial charge in [0.15, 0.2) is 0 Å². The van der Waals surface area contributed by atoms with Gasteiger partial charge < -0.3 is 10.4 Å². The van der Waals surface area contributed by atoms with Crippen LogP contribution in [0.1, 0.15) is 44.2 Å². The lowest BCUT2D eigenvalue weighted by atomic mass is 10.0. The topological polar surface area (TPSA) is 69.6 Å². The van der Waals surface area contributed by atoms with Crippen molar-refractivity contribution >= 4 is 15.7 Å². The Kier molecular flexibility index (Phi) is 4.94. The number of nitrogens with one attached hydrogen (secondary N) is 1. The number of anilines is 1. The van der Waals surface area contributed by atoms with E-state index >= 15 is 0 Å². The summed E-state index contributed by atoms with van der Waals surface area (Å²) in [6.45, 7) is 2.91. The summed E-state index contributed by atoms with van der Waals surface area (Å²) in [5.74, 6) is 0.940. The summed E-state index contributed by atoms with van der Waals surface area (Å²) in [7, 11) is -3.11. The van der Waals surface area contributed by atoms with Gasteiger partial charge in [0, 0.05) is 25.2 Å². The van der Waals surface area contributed by atoms with Crippen LogP contribution in [0.25, 0.3) is 0 Å². The van der Waals surface area contributed by atoms with Crippen LogP contribution in [0.5, 0.6) is 0 Å². The van der Waals surface area contributed by atoms with Crippen LogP contribution in [0, 0.1) is 5.92 Å². The quantitative estimate of drug-likeness (QED) is 0.798. The number of aliphatic hydroxyl groups is 1. The molecule has 6 heteroatoms. The Morgan fingerprint density at radius 3 is 2.52 bits per heavy atom. The van der Waals surface area contributed by atoms with Crippen molar-refractivity contribution in [2.24, 2.45) is 5.92 Å². The Labute approximate surface area is 138 Å². The Morgan fingerprint density at radius 2 is 2.00 bits per heavy atom. The molecule has 1 saturated heterocycles. The Hall–Kier alpha value is -1.11. The first-order valence-electron chi connectivity index (χ1n) is 8.48. The zero-order valence-electron chi connectivity index (χ0n) is 13.6. The molecular formula is C17H26N2O3S. The van der Waals surface area contributed by atoms with Crippen molar-refractivity contribution in [2.75, 3.05) is 23.2 Å². The lowest BCUT2D eigenvalue weighted by Crippen LogP contribution is -2.34. The molecule has 1 heterocycles. The molecule has 1 aromatic rings. The molecular weight excluding hydrogens is 312 g/mol. The van der Waals surface area contributed by atoms with Crippen LogP contribution >= 0.6 is 0 Å². The lowest BCUT2D eigenvalue weighted by Gasteiger charge is -2.24. The largest absolute Gasteiger partial charge is 0.396 e. The summed E-state index contributed by atoms with van der Waals surface area (Å²) in [6, 6.07) is 8.36. The molecule has 2 unspecified atom stereocenters. The summed E-state index contributed by atoms with van der Waals surface area (Å²) in [5, 5.41) is 12.8. The predicted octanol–water partition coefficient (Wildman–Crippen LogP) is 2.04. The highest BCUT2D eigenvalue weighted by Crippen LogP contribution is 2.35. The van der Waals surface area contributed by atoms with Gasteiger partial charge in [-0.05, 0) is 56.2 Å². The van der Waals surface area contributed by atoms with Crippen molar-refractivity contribution in [1.29, 1.82) is 0 Å². The number of hydrogen-bond acceptors (Lipinski definition) is 4. The fourth-order valence-corrected chi connectivity index (χ4v) is 4.93. The van der Waals surface area contributed by atoms with Gasteiger partial charge in [-0.15, -0.1) is 0 Å². The predicted molar refractivity (Wildman–Crippen MR) is 92.0 cm³/mol. The highest BCUT2D eigenvalue weighted by atomic mass is 32.2. The van der Waals surface area contributed by atoms with Gasteiger partial charge in [-0.25, -0.2) is 8.42 Å². The van der Waals surface area contributed by atoms with E-state index in [1.807, 2.05) is 24.3 Å². The van der Waals surface area contributed by atoms with E-state index in [9.17, 15) is 13.5 Å². The molecule has 0 spiro atoms. The number of benzene rings is 1. The molecule has 2 aliphatic rings. The highest BCUT2D eigenvalue weighted by Gasteiger charge is 2.32. The maximum Gasteiger partial charge on any atom is 0.235 e. The molecule has 0 bridgehead atoms. The van der Waals surface area contributed by atoms with E-state index in [-0.39, 0.29) is 18.4 Å². The molecule has 2 N–H and O–H groups in total. The zero-order valence-corrected chi connectivity index (χ0v) is 14.4. The molecule has 1 aromatic carbocycles. The first-order chi connectivity index (χ1) is 11.0. The number of rotatable bonds is 7. The third-order valence-corrected chi connectivity index (χ3v) is 6.75. The van der Waals surface area contributed by atoms with E-state index in [1.54, 1.807) is 0 Å². The first-order valence-corrected chi connectivity index (χ1v) is 10.1. The van der Waals surface area contributed by atoms with Crippen molar-refractivity contribution in [1.82, 2.24) is 5.32 Å². The Morgan fingerprint density at radius 1 is 1.30 bits per heavy atom. The van der Waals surface area contributed by atoms with E-state index in [4.69, 9.17) is 0 Å². The van der Waals surface area contributed by atoms with Gasteiger partial charge in [0.05, 0.1) is 11.4 Å². The molecule has 23 heavy (non-hydrogen) atoms. The molecule has 128 valence electrons. The van der Waals surface area contributed by atoms with E-state index < -0.39 is 10.0 Å². The molecule has 2 fully saturated rings. The molecule has 1 saturated carbocycles. The number of nitrogens with zero attached hydrogens (tertiary/aromatic N) is 1. The Bertz CT molecular complexity index is 626. The van der Waals surface area contributed by atoms with Crippen molar-refractivity contribution in [3.63, 3.8) is 0 Å². The standard InChI is InChI=1S/C17H26N2O3S/c1-13(18-17(9-11-20)15-3-4-15)14-5-7-16(8-6-14)19-10-2-12-23(19,21)22/h5-8,13,15,17-18,20H,2-4,9-12H2,1H3. The van der Waals surface area contributed by atoms with Crippen LogP contribution in [0.3, 0.4) is 0 Å². The van der Waals surface area contributed by atoms with Gasteiger partial charge in [-0.1, -0.05) is 12.1 Å². The van der Waals surface area contributed by atoms with Crippen LogP contribution < -0.4 is 9.62 Å². The van der Waals surface area contributed by atoms with Crippen LogP contribution in [-0.4, -0.2) is 38.5 Å². The van der Waals surface area contributed by atoms with Crippen LogP contribution in [0.2, 0.25) is 0 Å². The second kappa shape index (κ2) is 6.79. The number of aliphatic hydroxyl groups excluding tert-OH is 1. The SMILES string of the molecule is CC(NC(CCO)C1CC1)c1ccc(N2CCCS2(=O)=O)cc1. The molecule has 0 amide bonds. The van der Waals surface area contributed by atoms with E-state index in [0.717, 1.165) is 17.7 Å². The smallest absolute Gasteiger partial charge is 0.235 e. The van der Waals surface area contributed by atoms with Gasteiger partial charge in [0.2, 0.25) is 10.0 Å². The minimum Gasteiger partial charge on any atom is -0.396 e. The second-order valence-corrected chi connectivity index (χ2v) is 8.69. The maximum atomic E-state index is 12.0. The van der Waals surface area contributed by atoms with E-state index in [0.29, 0.717) is 24.9 Å². The average molecular weight is 338 g/mol. The molecule has 1 aliphatic carbocycles. The first kappa shape index (κ1) is 16.7. The van der Waals surface area contributed by atoms with Gasteiger partial charge in [0.25, 0.3) is 0 Å². The fourth-order valence-electron chi connectivity index (χ4n) is 3.37. The second-order valence-electron chi connectivity index (χ2n) is 6.68. The van der Waals surface area contributed by atoms with Crippen LogP contribution in [0.4, 0.5) is 5.69 Å². The number of hydrogen-bond donors (Lipinski definition) is 2. The summed E-state index contributed by atoms with van der Waals surface area (Å²) >= 11 is 0. The maximum absolute atomic E-state index is 12.0. The molecule has 0 aromatic heterocycles. The minimum atomic E-state index is -3.11. The monoisotopic (exact) mass is 338 g/mol. The average Bonchev–Trinajstić information content (AvgIpc) is 3.30. The third-order valence-electron chi connectivity index (χ3n) is 4.88. The zero-order chi connectivity index (χ0) is 16.4. The summed E-state index contributed by atoms with van der Waals surface area (Å²) in [4.78, 5) is 0. The lowest BCUT2D eigenvalue weighted by molar-refractivity contribution is 0.250. The van der Waals surface area contributed by atoms with Crippen LogP contribution in [0.15, 0.2) is 24.3 Å². The normalized spacial score (nSPS) is 23.0. The molecule has 0 radical (unpaired) electrons. The van der Waals surface area contributed by atoms with Crippen molar-refractivity contribution < 1.29 is 13.5 Å². The van der Waals surface area contributed by atoms with Gasteiger partial charge in [-0.2, -0.15) is 0 Å². The van der Waals surface area contributed by atoms with E-state index in [2.05, 4.69) is 12.2 Å². The minimum absolute atomic E-state index is 0.191. The van der Waals surface area contributed by atoms with E-state index in [1.165, 1.54) is 17.1 Å². The van der Waals surface area contributed by atoms with Crippen molar-refractivity contribution in [3.8, 4) is 0 Å². The summed E-state index contributed by atoms with van der Waals surface area (Å²) in [5.41, 5.74) is 1.90. The molecule has 5 nitrogen and oxygen atoms in total. The van der Waals surface area contributed by atoms with Gasteiger partial charge >= 0.3 is 0 Å². The van der Waals surface area contributed by atoms with Crippen LogP contribution in [-0.2, 0) is 10.0 Å². The highest BCUT2D eigenvalue weighted by molar-refractivity contribution is 7.93. The molecule has 1 aliphatic heterocycles. The summed E-state index contributed by atoms with van der Waals surface area (Å²) < 4.78 is 25.4.